The van der Waals surface area contributed by atoms with Crippen LogP contribution in [0.1, 0.15) is 18.5 Å². The number of rotatable bonds is 5. The fourth-order valence-electron chi connectivity index (χ4n) is 2.25. The van der Waals surface area contributed by atoms with Crippen LogP contribution in [0.15, 0.2) is 53.4 Å². The number of anilines is 1. The lowest BCUT2D eigenvalue weighted by Crippen LogP contribution is -2.33. The molecule has 2 rings (SSSR count). The summed E-state index contributed by atoms with van der Waals surface area (Å²) >= 11 is 5.46. The number of thiocarbonyl (C=S) groups is 1. The van der Waals surface area contributed by atoms with Gasteiger partial charge in [-0.05, 0) is 49.0 Å². The molecule has 0 spiro atoms. The molecule has 0 saturated carbocycles. The van der Waals surface area contributed by atoms with E-state index in [2.05, 4.69) is 5.32 Å². The molecule has 6 nitrogen and oxygen atoms in total. The number of ether oxygens (including phenoxy) is 1. The number of nitrogens with one attached hydrogen (secondary N) is 1. The predicted octanol–water partition coefficient (Wildman–Crippen LogP) is 2.73. The molecule has 0 amide bonds. The van der Waals surface area contributed by atoms with E-state index in [1.54, 1.807) is 19.2 Å². The minimum absolute atomic E-state index is 0.0554. The van der Waals surface area contributed by atoms with Crippen molar-refractivity contribution in [2.75, 3.05) is 19.5 Å². The summed E-state index contributed by atoms with van der Waals surface area (Å²) in [5, 5.41) is 8.82. The molecule has 0 saturated heterocycles. The number of nitrogens with zero attached hydrogens (tertiary/aromatic N) is 1. The molecule has 0 radical (unpaired) electrons. The second-order valence-electron chi connectivity index (χ2n) is 5.56. The first-order chi connectivity index (χ1) is 11.7. The Labute approximate surface area is 153 Å². The molecule has 1 atom stereocenters. The quantitative estimate of drug-likeness (QED) is 0.777. The maximum absolute atomic E-state index is 11.3. The molecule has 25 heavy (non-hydrogen) atoms. The molecule has 8 heteroatoms. The molecule has 0 aliphatic carbocycles. The SMILES string of the molecule is COc1cccc(NC(=S)N(C)[C@@H](C)c2ccc(S(N)(=O)=O)cc2)c1. The van der Waals surface area contributed by atoms with Gasteiger partial charge in [-0.1, -0.05) is 18.2 Å². The van der Waals surface area contributed by atoms with Gasteiger partial charge in [0.15, 0.2) is 5.11 Å². The summed E-state index contributed by atoms with van der Waals surface area (Å²) in [6, 6.07) is 13.9. The fraction of sp³-hybridized carbons (Fsp3) is 0.235. The number of hydrogen-bond acceptors (Lipinski definition) is 4. The number of methoxy groups -OCH3 is 1. The van der Waals surface area contributed by atoms with E-state index in [9.17, 15) is 8.42 Å². The zero-order valence-electron chi connectivity index (χ0n) is 14.3. The molecule has 0 aliphatic heterocycles. The Balaban J connectivity index is 2.10. The lowest BCUT2D eigenvalue weighted by Gasteiger charge is -2.28. The smallest absolute Gasteiger partial charge is 0.238 e. The van der Waals surface area contributed by atoms with Gasteiger partial charge in [-0.25, -0.2) is 13.6 Å². The minimum atomic E-state index is -3.69. The van der Waals surface area contributed by atoms with Gasteiger partial charge in [0.2, 0.25) is 10.0 Å². The van der Waals surface area contributed by atoms with Crippen LogP contribution in [0.25, 0.3) is 0 Å². The highest BCUT2D eigenvalue weighted by atomic mass is 32.2. The molecule has 0 heterocycles. The van der Waals surface area contributed by atoms with Crippen LogP contribution in [0.5, 0.6) is 5.75 Å². The summed E-state index contributed by atoms with van der Waals surface area (Å²) < 4.78 is 27.9. The van der Waals surface area contributed by atoms with E-state index >= 15 is 0 Å². The van der Waals surface area contributed by atoms with Crippen LogP contribution in [0.2, 0.25) is 0 Å². The van der Waals surface area contributed by atoms with E-state index in [1.807, 2.05) is 43.1 Å². The molecule has 2 aromatic carbocycles. The second-order valence-corrected chi connectivity index (χ2v) is 7.51. The van der Waals surface area contributed by atoms with Gasteiger partial charge in [0, 0.05) is 18.8 Å². The molecule has 3 N–H and O–H groups in total. The number of hydrogen-bond donors (Lipinski definition) is 2. The van der Waals surface area contributed by atoms with Crippen molar-refractivity contribution in [2.45, 2.75) is 17.9 Å². The largest absolute Gasteiger partial charge is 0.497 e. The summed E-state index contributed by atoms with van der Waals surface area (Å²) in [6.45, 7) is 1.98. The monoisotopic (exact) mass is 379 g/mol. The van der Waals surface area contributed by atoms with Crippen LogP contribution in [-0.2, 0) is 10.0 Å². The van der Waals surface area contributed by atoms with Crippen molar-refractivity contribution in [2.24, 2.45) is 5.14 Å². The molecular formula is C17H21N3O3S2. The predicted molar refractivity (Wildman–Crippen MR) is 103 cm³/mol. The average molecular weight is 380 g/mol. The van der Waals surface area contributed by atoms with Crippen molar-refractivity contribution >= 4 is 33.0 Å². The summed E-state index contributed by atoms with van der Waals surface area (Å²) in [5.41, 5.74) is 1.75. The van der Waals surface area contributed by atoms with Crippen LogP contribution >= 0.6 is 12.2 Å². The van der Waals surface area contributed by atoms with Crippen molar-refractivity contribution < 1.29 is 13.2 Å². The van der Waals surface area contributed by atoms with Gasteiger partial charge in [-0.15, -0.1) is 0 Å². The Morgan fingerprint density at radius 2 is 1.88 bits per heavy atom. The van der Waals surface area contributed by atoms with Crippen LogP contribution < -0.4 is 15.2 Å². The topological polar surface area (TPSA) is 84.7 Å². The average Bonchev–Trinajstić information content (AvgIpc) is 2.60. The molecular weight excluding hydrogens is 358 g/mol. The molecule has 134 valence electrons. The zero-order chi connectivity index (χ0) is 18.6. The standard InChI is InChI=1S/C17H21N3O3S2/c1-12(13-7-9-16(10-8-13)25(18,21)22)20(2)17(24)19-14-5-4-6-15(11-14)23-3/h4-12H,1-3H3,(H,19,24)(H2,18,21,22)/t12-/m0/s1. The number of sulfonamides is 1. The van der Waals surface area contributed by atoms with E-state index in [0.29, 0.717) is 5.11 Å². The normalized spacial score (nSPS) is 12.3. The van der Waals surface area contributed by atoms with Gasteiger partial charge in [0.05, 0.1) is 18.0 Å². The van der Waals surface area contributed by atoms with E-state index < -0.39 is 10.0 Å². The number of benzene rings is 2. The lowest BCUT2D eigenvalue weighted by molar-refractivity contribution is 0.407. The Hall–Kier alpha value is -2.16. The van der Waals surface area contributed by atoms with Crippen molar-refractivity contribution in [3.63, 3.8) is 0 Å². The number of primary sulfonamides is 1. The van der Waals surface area contributed by atoms with Gasteiger partial charge < -0.3 is 15.0 Å². The maximum atomic E-state index is 11.3. The zero-order valence-corrected chi connectivity index (χ0v) is 15.9. The van der Waals surface area contributed by atoms with Crippen molar-refractivity contribution in [3.05, 3.63) is 54.1 Å². The Bertz CT molecular complexity index is 852. The summed E-state index contributed by atoms with van der Waals surface area (Å²) in [6.07, 6.45) is 0. The van der Waals surface area contributed by atoms with Crippen LogP contribution in [-0.4, -0.2) is 32.6 Å². The van der Waals surface area contributed by atoms with Gasteiger partial charge in [0.25, 0.3) is 0 Å². The highest BCUT2D eigenvalue weighted by molar-refractivity contribution is 7.89. The van der Waals surface area contributed by atoms with Gasteiger partial charge >= 0.3 is 0 Å². The number of nitrogens with two attached hydrogens (primary N) is 1. The Morgan fingerprint density at radius 3 is 2.44 bits per heavy atom. The molecule has 2 aromatic rings. The third-order valence-electron chi connectivity index (χ3n) is 3.91. The fourth-order valence-corrected chi connectivity index (χ4v) is 3.04. The third kappa shape index (κ3) is 4.91. The Morgan fingerprint density at radius 1 is 1.24 bits per heavy atom. The molecule has 0 aromatic heterocycles. The van der Waals surface area contributed by atoms with Crippen molar-refractivity contribution in [1.82, 2.24) is 4.90 Å². The van der Waals surface area contributed by atoms with Crippen LogP contribution in [0.3, 0.4) is 0 Å². The molecule has 0 fully saturated rings. The maximum Gasteiger partial charge on any atom is 0.238 e. The van der Waals surface area contributed by atoms with E-state index in [-0.39, 0.29) is 10.9 Å². The van der Waals surface area contributed by atoms with Gasteiger partial charge in [-0.3, -0.25) is 0 Å². The van der Waals surface area contributed by atoms with Crippen LogP contribution in [0, 0.1) is 0 Å². The summed E-state index contributed by atoms with van der Waals surface area (Å²) in [5.74, 6) is 0.738. The first-order valence-electron chi connectivity index (χ1n) is 7.53. The second kappa shape index (κ2) is 7.81. The molecule has 0 unspecified atom stereocenters. The third-order valence-corrected chi connectivity index (χ3v) is 5.23. The van der Waals surface area contributed by atoms with Crippen LogP contribution in [0.4, 0.5) is 5.69 Å². The first kappa shape index (κ1) is 19.2. The van der Waals surface area contributed by atoms with Gasteiger partial charge in [-0.2, -0.15) is 0 Å². The Kier molecular flexibility index (Phi) is 5.99. The first-order valence-corrected chi connectivity index (χ1v) is 9.48. The minimum Gasteiger partial charge on any atom is -0.497 e. The summed E-state index contributed by atoms with van der Waals surface area (Å²) in [4.78, 5) is 1.98. The highest BCUT2D eigenvalue weighted by Gasteiger charge is 2.16. The molecule has 0 aliphatic rings. The summed E-state index contributed by atoms with van der Waals surface area (Å²) in [7, 11) is -0.216. The lowest BCUT2D eigenvalue weighted by atomic mass is 10.1. The highest BCUT2D eigenvalue weighted by Crippen LogP contribution is 2.22. The van der Waals surface area contributed by atoms with E-state index in [1.165, 1.54) is 12.1 Å². The van der Waals surface area contributed by atoms with Crippen molar-refractivity contribution in [1.29, 1.82) is 0 Å². The van der Waals surface area contributed by atoms with E-state index in [4.69, 9.17) is 22.1 Å². The van der Waals surface area contributed by atoms with Gasteiger partial charge in [0.1, 0.15) is 5.75 Å². The van der Waals surface area contributed by atoms with Crippen molar-refractivity contribution in [3.8, 4) is 5.75 Å². The van der Waals surface area contributed by atoms with E-state index in [0.717, 1.165) is 17.0 Å². The molecule has 0 bridgehead atoms.